The fourth-order valence-electron chi connectivity index (χ4n) is 1.93. The van der Waals surface area contributed by atoms with Crippen LogP contribution in [0.1, 0.15) is 26.3 Å². The fraction of sp³-hybridized carbons (Fsp3) is 0.0667. The lowest BCUT2D eigenvalue weighted by Crippen LogP contribution is -2.18. The standard InChI is InChI=1S/C15H13FN2O3/c16-12-7-3-6-11(15(20)21)13(12)18-14(19)10-5-2-1-4-9(10)8-17/h1-7H,8,17H2,(H,18,19)(H,20,21). The Hall–Kier alpha value is -2.73. The minimum absolute atomic E-state index is 0.145. The van der Waals surface area contributed by atoms with E-state index in [-0.39, 0.29) is 23.4 Å². The third kappa shape index (κ3) is 3.06. The molecule has 6 heteroatoms. The fourth-order valence-corrected chi connectivity index (χ4v) is 1.93. The molecule has 4 N–H and O–H groups in total. The van der Waals surface area contributed by atoms with Crippen LogP contribution in [0.25, 0.3) is 0 Å². The Labute approximate surface area is 120 Å². The molecule has 0 aromatic heterocycles. The SMILES string of the molecule is NCc1ccccc1C(=O)Nc1c(F)cccc1C(=O)O. The van der Waals surface area contributed by atoms with Crippen molar-refractivity contribution < 1.29 is 19.1 Å². The summed E-state index contributed by atoms with van der Waals surface area (Å²) in [4.78, 5) is 23.3. The van der Waals surface area contributed by atoms with Gasteiger partial charge in [-0.2, -0.15) is 0 Å². The normalized spacial score (nSPS) is 10.2. The number of amides is 1. The molecule has 0 aliphatic heterocycles. The van der Waals surface area contributed by atoms with E-state index in [0.717, 1.165) is 6.07 Å². The number of hydrogen-bond acceptors (Lipinski definition) is 3. The van der Waals surface area contributed by atoms with Crippen molar-refractivity contribution >= 4 is 17.6 Å². The smallest absolute Gasteiger partial charge is 0.337 e. The number of carbonyl (C=O) groups is 2. The molecule has 21 heavy (non-hydrogen) atoms. The van der Waals surface area contributed by atoms with Crippen molar-refractivity contribution in [2.75, 3.05) is 5.32 Å². The minimum atomic E-state index is -1.32. The molecule has 0 saturated heterocycles. The largest absolute Gasteiger partial charge is 0.478 e. The first-order valence-electron chi connectivity index (χ1n) is 6.15. The zero-order valence-electron chi connectivity index (χ0n) is 11.0. The number of para-hydroxylation sites is 1. The highest BCUT2D eigenvalue weighted by molar-refractivity contribution is 6.08. The van der Waals surface area contributed by atoms with Gasteiger partial charge in [-0.3, -0.25) is 4.79 Å². The summed E-state index contributed by atoms with van der Waals surface area (Å²) in [5, 5.41) is 11.3. The summed E-state index contributed by atoms with van der Waals surface area (Å²) in [6.45, 7) is 0.145. The van der Waals surface area contributed by atoms with Crippen LogP contribution in [0.15, 0.2) is 42.5 Å². The Morgan fingerprint density at radius 1 is 1.10 bits per heavy atom. The molecule has 108 valence electrons. The number of carboxylic acids is 1. The zero-order valence-corrected chi connectivity index (χ0v) is 11.0. The van der Waals surface area contributed by atoms with E-state index in [1.807, 2.05) is 0 Å². The number of halogens is 1. The molecule has 0 aliphatic rings. The average molecular weight is 288 g/mol. The van der Waals surface area contributed by atoms with E-state index in [1.54, 1.807) is 24.3 Å². The number of rotatable bonds is 4. The number of nitrogens with two attached hydrogens (primary N) is 1. The summed E-state index contributed by atoms with van der Waals surface area (Å²) in [7, 11) is 0. The van der Waals surface area contributed by atoms with Gasteiger partial charge in [-0.15, -0.1) is 0 Å². The summed E-state index contributed by atoms with van der Waals surface area (Å²) in [5.41, 5.74) is 5.73. The second-order valence-corrected chi connectivity index (χ2v) is 4.28. The number of hydrogen-bond donors (Lipinski definition) is 3. The molecule has 1 amide bonds. The predicted molar refractivity (Wildman–Crippen MR) is 75.6 cm³/mol. The maximum absolute atomic E-state index is 13.8. The van der Waals surface area contributed by atoms with Crippen LogP contribution >= 0.6 is 0 Å². The monoisotopic (exact) mass is 288 g/mol. The van der Waals surface area contributed by atoms with Crippen LogP contribution in [0.5, 0.6) is 0 Å². The minimum Gasteiger partial charge on any atom is -0.478 e. The number of benzene rings is 2. The number of nitrogens with one attached hydrogen (secondary N) is 1. The molecule has 0 radical (unpaired) electrons. The highest BCUT2D eigenvalue weighted by Gasteiger charge is 2.18. The third-order valence-electron chi connectivity index (χ3n) is 2.96. The molecule has 5 nitrogen and oxygen atoms in total. The van der Waals surface area contributed by atoms with Crippen molar-refractivity contribution in [3.05, 3.63) is 65.0 Å². The van der Waals surface area contributed by atoms with Gasteiger partial charge in [-0.05, 0) is 23.8 Å². The van der Waals surface area contributed by atoms with Gasteiger partial charge >= 0.3 is 5.97 Å². The zero-order chi connectivity index (χ0) is 15.4. The first kappa shape index (κ1) is 14.7. The quantitative estimate of drug-likeness (QED) is 0.804. The van der Waals surface area contributed by atoms with Crippen LogP contribution in [-0.4, -0.2) is 17.0 Å². The van der Waals surface area contributed by atoms with Gasteiger partial charge in [-0.25, -0.2) is 9.18 Å². The molecule has 0 saturated carbocycles. The Morgan fingerprint density at radius 2 is 1.76 bits per heavy atom. The lowest BCUT2D eigenvalue weighted by atomic mass is 10.1. The third-order valence-corrected chi connectivity index (χ3v) is 2.96. The molecule has 0 aliphatic carbocycles. The van der Waals surface area contributed by atoms with Crippen molar-refractivity contribution in [3.63, 3.8) is 0 Å². The second-order valence-electron chi connectivity index (χ2n) is 4.28. The lowest BCUT2D eigenvalue weighted by Gasteiger charge is -2.11. The average Bonchev–Trinajstić information content (AvgIpc) is 2.48. The highest BCUT2D eigenvalue weighted by Crippen LogP contribution is 2.21. The van der Waals surface area contributed by atoms with Crippen molar-refractivity contribution in [2.24, 2.45) is 5.73 Å². The summed E-state index contributed by atoms with van der Waals surface area (Å²) >= 11 is 0. The van der Waals surface area contributed by atoms with Gasteiger partial charge in [0.1, 0.15) is 5.82 Å². The van der Waals surface area contributed by atoms with Crippen LogP contribution in [0.4, 0.5) is 10.1 Å². The summed E-state index contributed by atoms with van der Waals surface area (Å²) in [6.07, 6.45) is 0. The van der Waals surface area contributed by atoms with Gasteiger partial charge < -0.3 is 16.2 Å². The number of aromatic carboxylic acids is 1. The summed E-state index contributed by atoms with van der Waals surface area (Å²) < 4.78 is 13.8. The molecule has 2 aromatic rings. The van der Waals surface area contributed by atoms with Crippen LogP contribution in [-0.2, 0) is 6.54 Å². The van der Waals surface area contributed by atoms with Crippen LogP contribution < -0.4 is 11.1 Å². The molecule has 0 spiro atoms. The maximum atomic E-state index is 13.8. The van der Waals surface area contributed by atoms with Gasteiger partial charge in [-0.1, -0.05) is 24.3 Å². The number of carbonyl (C=O) groups excluding carboxylic acids is 1. The molecule has 0 fully saturated rings. The van der Waals surface area contributed by atoms with E-state index >= 15 is 0 Å². The first-order chi connectivity index (χ1) is 10.0. The molecule has 2 rings (SSSR count). The van der Waals surface area contributed by atoms with Gasteiger partial charge in [0, 0.05) is 12.1 Å². The number of anilines is 1. The molecule has 2 aromatic carbocycles. The maximum Gasteiger partial charge on any atom is 0.337 e. The lowest BCUT2D eigenvalue weighted by molar-refractivity contribution is 0.0697. The number of carboxylic acid groups (broad SMARTS) is 1. The van der Waals surface area contributed by atoms with Gasteiger partial charge in [0.2, 0.25) is 0 Å². The molecular formula is C15H13FN2O3. The Morgan fingerprint density at radius 3 is 2.43 bits per heavy atom. The summed E-state index contributed by atoms with van der Waals surface area (Å²) in [6, 6.07) is 10.2. The van der Waals surface area contributed by atoms with E-state index in [2.05, 4.69) is 5.32 Å². The predicted octanol–water partition coefficient (Wildman–Crippen LogP) is 2.23. The van der Waals surface area contributed by atoms with E-state index in [0.29, 0.717) is 5.56 Å². The summed E-state index contributed by atoms with van der Waals surface area (Å²) in [5.74, 6) is -2.74. The second kappa shape index (κ2) is 6.15. The molecule has 0 atom stereocenters. The molecule has 0 bridgehead atoms. The van der Waals surface area contributed by atoms with E-state index < -0.39 is 17.7 Å². The Kier molecular flexibility index (Phi) is 4.30. The van der Waals surface area contributed by atoms with Crippen molar-refractivity contribution in [1.29, 1.82) is 0 Å². The van der Waals surface area contributed by atoms with Gasteiger partial charge in [0.05, 0.1) is 11.3 Å². The van der Waals surface area contributed by atoms with E-state index in [4.69, 9.17) is 10.8 Å². The highest BCUT2D eigenvalue weighted by atomic mass is 19.1. The van der Waals surface area contributed by atoms with Gasteiger partial charge in [0.15, 0.2) is 0 Å². The van der Waals surface area contributed by atoms with Crippen molar-refractivity contribution in [2.45, 2.75) is 6.54 Å². The van der Waals surface area contributed by atoms with Crippen LogP contribution in [0.3, 0.4) is 0 Å². The topological polar surface area (TPSA) is 92.4 Å². The molecular weight excluding hydrogens is 275 g/mol. The van der Waals surface area contributed by atoms with Crippen molar-refractivity contribution in [3.8, 4) is 0 Å². The Balaban J connectivity index is 2.38. The van der Waals surface area contributed by atoms with Crippen LogP contribution in [0.2, 0.25) is 0 Å². The van der Waals surface area contributed by atoms with Crippen molar-refractivity contribution in [1.82, 2.24) is 0 Å². The van der Waals surface area contributed by atoms with E-state index in [1.165, 1.54) is 12.1 Å². The Bertz CT molecular complexity index is 701. The molecule has 0 unspecified atom stereocenters. The van der Waals surface area contributed by atoms with Crippen LogP contribution in [0, 0.1) is 5.82 Å². The van der Waals surface area contributed by atoms with Gasteiger partial charge in [0.25, 0.3) is 5.91 Å². The van der Waals surface area contributed by atoms with E-state index in [9.17, 15) is 14.0 Å². The molecule has 0 heterocycles. The first-order valence-corrected chi connectivity index (χ1v) is 6.15.